The van der Waals surface area contributed by atoms with Crippen molar-refractivity contribution in [1.82, 2.24) is 15.1 Å². The molecule has 0 bridgehead atoms. The Bertz CT molecular complexity index is 539. The molecule has 2 aromatic rings. The molecule has 1 N–H and O–H groups in total. The molecule has 19 heavy (non-hydrogen) atoms. The summed E-state index contributed by atoms with van der Waals surface area (Å²) in [4.78, 5) is 0. The van der Waals surface area contributed by atoms with Crippen LogP contribution >= 0.6 is 15.9 Å². The molecule has 0 fully saturated rings. The van der Waals surface area contributed by atoms with Gasteiger partial charge in [-0.25, -0.2) is 0 Å². The lowest BCUT2D eigenvalue weighted by molar-refractivity contribution is 0.407. The predicted molar refractivity (Wildman–Crippen MR) is 79.4 cm³/mol. The standard InChI is InChI=1S/C14H18BrN3O/c1-11-8-17-18(10-11)6-5-16-9-12-7-13(15)3-4-14(12)19-2/h3-4,7-8,10,16H,5-6,9H2,1-2H3. The SMILES string of the molecule is COc1ccc(Br)cc1CNCCn1cc(C)cn1. The zero-order valence-corrected chi connectivity index (χ0v) is 12.8. The van der Waals surface area contributed by atoms with Gasteiger partial charge in [0.2, 0.25) is 0 Å². The minimum Gasteiger partial charge on any atom is -0.496 e. The maximum atomic E-state index is 5.34. The van der Waals surface area contributed by atoms with Crippen molar-refractivity contribution in [3.8, 4) is 5.75 Å². The van der Waals surface area contributed by atoms with Gasteiger partial charge in [-0.3, -0.25) is 4.68 Å². The van der Waals surface area contributed by atoms with E-state index in [2.05, 4.69) is 32.4 Å². The number of methoxy groups -OCH3 is 1. The van der Waals surface area contributed by atoms with Crippen LogP contribution in [-0.2, 0) is 13.1 Å². The van der Waals surface area contributed by atoms with E-state index in [0.717, 1.165) is 35.4 Å². The fourth-order valence-corrected chi connectivity index (χ4v) is 2.30. The van der Waals surface area contributed by atoms with Crippen LogP contribution in [-0.4, -0.2) is 23.4 Å². The largest absolute Gasteiger partial charge is 0.496 e. The Morgan fingerprint density at radius 3 is 2.95 bits per heavy atom. The van der Waals surface area contributed by atoms with E-state index in [1.807, 2.05) is 36.1 Å². The van der Waals surface area contributed by atoms with E-state index in [1.165, 1.54) is 5.56 Å². The van der Waals surface area contributed by atoms with Gasteiger partial charge < -0.3 is 10.1 Å². The molecular weight excluding hydrogens is 306 g/mol. The molecule has 0 aliphatic heterocycles. The molecule has 0 saturated carbocycles. The number of nitrogens with one attached hydrogen (secondary N) is 1. The van der Waals surface area contributed by atoms with Crippen molar-refractivity contribution < 1.29 is 4.74 Å². The van der Waals surface area contributed by atoms with Crippen LogP contribution in [0.3, 0.4) is 0 Å². The summed E-state index contributed by atoms with van der Waals surface area (Å²) < 4.78 is 8.35. The molecule has 1 aromatic carbocycles. The van der Waals surface area contributed by atoms with E-state index in [-0.39, 0.29) is 0 Å². The second-order valence-electron chi connectivity index (χ2n) is 4.41. The second-order valence-corrected chi connectivity index (χ2v) is 5.33. The van der Waals surface area contributed by atoms with Gasteiger partial charge >= 0.3 is 0 Å². The Morgan fingerprint density at radius 1 is 1.42 bits per heavy atom. The molecule has 4 nitrogen and oxygen atoms in total. The minimum atomic E-state index is 0.781. The number of rotatable bonds is 6. The minimum absolute atomic E-state index is 0.781. The summed E-state index contributed by atoms with van der Waals surface area (Å²) in [5.74, 6) is 0.908. The third kappa shape index (κ3) is 4.08. The molecule has 1 heterocycles. The maximum absolute atomic E-state index is 5.34. The van der Waals surface area contributed by atoms with E-state index < -0.39 is 0 Å². The van der Waals surface area contributed by atoms with Gasteiger partial charge in [0.15, 0.2) is 0 Å². The normalized spacial score (nSPS) is 10.7. The Morgan fingerprint density at radius 2 is 2.26 bits per heavy atom. The molecular formula is C14H18BrN3O. The highest BCUT2D eigenvalue weighted by molar-refractivity contribution is 9.10. The van der Waals surface area contributed by atoms with Crippen LogP contribution in [0.2, 0.25) is 0 Å². The third-order valence-electron chi connectivity index (χ3n) is 2.84. The van der Waals surface area contributed by atoms with Gasteiger partial charge in [-0.15, -0.1) is 0 Å². The number of hydrogen-bond acceptors (Lipinski definition) is 3. The average Bonchev–Trinajstić information content (AvgIpc) is 2.81. The zero-order valence-electron chi connectivity index (χ0n) is 11.2. The van der Waals surface area contributed by atoms with E-state index in [4.69, 9.17) is 4.74 Å². The summed E-state index contributed by atoms with van der Waals surface area (Å²) in [7, 11) is 1.69. The Hall–Kier alpha value is -1.33. The summed E-state index contributed by atoms with van der Waals surface area (Å²) in [5.41, 5.74) is 2.34. The third-order valence-corrected chi connectivity index (χ3v) is 3.33. The molecule has 0 atom stereocenters. The van der Waals surface area contributed by atoms with Gasteiger partial charge in [0.05, 0.1) is 19.9 Å². The lowest BCUT2D eigenvalue weighted by Gasteiger charge is -2.10. The van der Waals surface area contributed by atoms with Crippen LogP contribution in [0.1, 0.15) is 11.1 Å². The first-order valence-electron chi connectivity index (χ1n) is 6.21. The molecule has 102 valence electrons. The molecule has 0 saturated heterocycles. The van der Waals surface area contributed by atoms with Gasteiger partial charge in [-0.1, -0.05) is 15.9 Å². The lowest BCUT2D eigenvalue weighted by Crippen LogP contribution is -2.20. The summed E-state index contributed by atoms with van der Waals surface area (Å²) in [6.45, 7) is 4.56. The quantitative estimate of drug-likeness (QED) is 0.831. The molecule has 0 aliphatic carbocycles. The summed E-state index contributed by atoms with van der Waals surface area (Å²) in [5, 5.41) is 7.65. The van der Waals surface area contributed by atoms with E-state index in [1.54, 1.807) is 7.11 Å². The van der Waals surface area contributed by atoms with Crippen molar-refractivity contribution in [2.45, 2.75) is 20.0 Å². The summed E-state index contributed by atoms with van der Waals surface area (Å²) >= 11 is 3.48. The molecule has 5 heteroatoms. The van der Waals surface area contributed by atoms with E-state index >= 15 is 0 Å². The topological polar surface area (TPSA) is 39.1 Å². The number of hydrogen-bond donors (Lipinski definition) is 1. The van der Waals surface area contributed by atoms with Gasteiger partial charge in [0.25, 0.3) is 0 Å². The molecule has 0 unspecified atom stereocenters. The van der Waals surface area contributed by atoms with Crippen molar-refractivity contribution in [2.24, 2.45) is 0 Å². The summed E-state index contributed by atoms with van der Waals surface area (Å²) in [6.07, 6.45) is 3.92. The first-order chi connectivity index (χ1) is 9.19. The van der Waals surface area contributed by atoms with Gasteiger partial charge in [-0.2, -0.15) is 5.10 Å². The fraction of sp³-hybridized carbons (Fsp3) is 0.357. The Kier molecular flexibility index (Phi) is 4.99. The van der Waals surface area contributed by atoms with Crippen LogP contribution in [0, 0.1) is 6.92 Å². The summed E-state index contributed by atoms with van der Waals surface area (Å²) in [6, 6.07) is 6.02. The predicted octanol–water partition coefficient (Wildman–Crippen LogP) is 2.75. The van der Waals surface area contributed by atoms with Crippen molar-refractivity contribution in [2.75, 3.05) is 13.7 Å². The molecule has 1 aromatic heterocycles. The molecule has 2 rings (SSSR count). The van der Waals surface area contributed by atoms with Crippen molar-refractivity contribution in [1.29, 1.82) is 0 Å². The highest BCUT2D eigenvalue weighted by Gasteiger charge is 2.03. The molecule has 0 aliphatic rings. The van der Waals surface area contributed by atoms with Gasteiger partial charge in [-0.05, 0) is 30.7 Å². The van der Waals surface area contributed by atoms with E-state index in [9.17, 15) is 0 Å². The first-order valence-corrected chi connectivity index (χ1v) is 7.00. The fourth-order valence-electron chi connectivity index (χ4n) is 1.89. The van der Waals surface area contributed by atoms with Crippen molar-refractivity contribution in [3.05, 3.63) is 46.2 Å². The molecule has 0 radical (unpaired) electrons. The van der Waals surface area contributed by atoms with Gasteiger partial charge in [0.1, 0.15) is 5.75 Å². The number of ether oxygens (including phenoxy) is 1. The average molecular weight is 324 g/mol. The highest BCUT2D eigenvalue weighted by Crippen LogP contribution is 2.22. The maximum Gasteiger partial charge on any atom is 0.123 e. The van der Waals surface area contributed by atoms with Gasteiger partial charge in [0, 0.05) is 29.3 Å². The van der Waals surface area contributed by atoms with Crippen LogP contribution in [0.5, 0.6) is 5.75 Å². The number of nitrogens with zero attached hydrogens (tertiary/aromatic N) is 2. The van der Waals surface area contributed by atoms with Crippen LogP contribution in [0.4, 0.5) is 0 Å². The molecule has 0 spiro atoms. The first kappa shape index (κ1) is 14.1. The number of aryl methyl sites for hydroxylation is 1. The van der Waals surface area contributed by atoms with Crippen LogP contribution in [0.25, 0.3) is 0 Å². The second kappa shape index (κ2) is 6.73. The van der Waals surface area contributed by atoms with E-state index in [0.29, 0.717) is 0 Å². The number of aromatic nitrogens is 2. The Balaban J connectivity index is 1.83. The lowest BCUT2D eigenvalue weighted by atomic mass is 10.2. The highest BCUT2D eigenvalue weighted by atomic mass is 79.9. The Labute approximate surface area is 121 Å². The van der Waals surface area contributed by atoms with Crippen LogP contribution in [0.15, 0.2) is 35.1 Å². The molecule has 0 amide bonds. The number of benzene rings is 1. The van der Waals surface area contributed by atoms with Crippen LogP contribution < -0.4 is 10.1 Å². The monoisotopic (exact) mass is 323 g/mol. The van der Waals surface area contributed by atoms with Crippen molar-refractivity contribution in [3.63, 3.8) is 0 Å². The smallest absolute Gasteiger partial charge is 0.123 e. The zero-order chi connectivity index (χ0) is 13.7. The van der Waals surface area contributed by atoms with Crippen molar-refractivity contribution >= 4 is 15.9 Å². The number of halogens is 1.